The van der Waals surface area contributed by atoms with E-state index in [2.05, 4.69) is 15.3 Å². The van der Waals surface area contributed by atoms with Crippen LogP contribution in [0.2, 0.25) is 0 Å². The summed E-state index contributed by atoms with van der Waals surface area (Å²) >= 11 is 0. The molecule has 2 heterocycles. The monoisotopic (exact) mass is 242 g/mol. The first-order valence-corrected chi connectivity index (χ1v) is 5.54. The molecule has 2 aromatic heterocycles. The molecule has 0 fully saturated rings. The Labute approximate surface area is 105 Å². The SMILES string of the molecule is Cc1ccc(C(=O)Nc2ncccc2N)c(C)n1. The molecule has 2 rings (SSSR count). The maximum atomic E-state index is 12.1. The van der Waals surface area contributed by atoms with Gasteiger partial charge in [-0.3, -0.25) is 9.78 Å². The van der Waals surface area contributed by atoms with E-state index in [4.69, 9.17) is 5.73 Å². The third kappa shape index (κ3) is 2.45. The van der Waals surface area contributed by atoms with Gasteiger partial charge in [0.25, 0.3) is 5.91 Å². The highest BCUT2D eigenvalue weighted by atomic mass is 16.1. The number of nitrogens with zero attached hydrogens (tertiary/aromatic N) is 2. The van der Waals surface area contributed by atoms with Crippen molar-refractivity contribution in [2.24, 2.45) is 0 Å². The van der Waals surface area contributed by atoms with Crippen molar-refractivity contribution in [1.29, 1.82) is 0 Å². The molecular weight excluding hydrogens is 228 g/mol. The molecule has 5 nitrogen and oxygen atoms in total. The van der Waals surface area contributed by atoms with E-state index in [1.807, 2.05) is 6.92 Å². The van der Waals surface area contributed by atoms with Crippen LogP contribution < -0.4 is 11.1 Å². The predicted octanol–water partition coefficient (Wildman–Crippen LogP) is 1.93. The Hall–Kier alpha value is -2.43. The van der Waals surface area contributed by atoms with E-state index >= 15 is 0 Å². The van der Waals surface area contributed by atoms with Crippen LogP contribution in [-0.4, -0.2) is 15.9 Å². The fraction of sp³-hybridized carbons (Fsp3) is 0.154. The van der Waals surface area contributed by atoms with Crippen molar-refractivity contribution in [3.05, 3.63) is 47.4 Å². The summed E-state index contributed by atoms with van der Waals surface area (Å²) in [5.74, 6) is 0.105. The normalized spacial score (nSPS) is 10.1. The Morgan fingerprint density at radius 2 is 2.06 bits per heavy atom. The Bertz CT molecular complexity index is 595. The lowest BCUT2D eigenvalue weighted by molar-refractivity contribution is 0.102. The number of nitrogen functional groups attached to an aromatic ring is 1. The van der Waals surface area contributed by atoms with Gasteiger partial charge in [-0.25, -0.2) is 4.98 Å². The fourth-order valence-corrected chi connectivity index (χ4v) is 1.62. The summed E-state index contributed by atoms with van der Waals surface area (Å²) in [6.45, 7) is 3.68. The number of hydrogen-bond acceptors (Lipinski definition) is 4. The first kappa shape index (κ1) is 12.0. The van der Waals surface area contributed by atoms with Crippen molar-refractivity contribution in [3.8, 4) is 0 Å². The number of aryl methyl sites for hydroxylation is 2. The van der Waals surface area contributed by atoms with E-state index in [1.54, 1.807) is 37.4 Å². The number of hydrogen-bond donors (Lipinski definition) is 2. The maximum Gasteiger partial charge on any atom is 0.258 e. The number of nitrogens with one attached hydrogen (secondary N) is 1. The van der Waals surface area contributed by atoms with E-state index in [9.17, 15) is 4.79 Å². The van der Waals surface area contributed by atoms with Gasteiger partial charge in [0.1, 0.15) is 0 Å². The summed E-state index contributed by atoms with van der Waals surface area (Å²) in [7, 11) is 0. The Morgan fingerprint density at radius 1 is 1.28 bits per heavy atom. The van der Waals surface area contributed by atoms with Gasteiger partial charge < -0.3 is 11.1 Å². The average Bonchev–Trinajstić information content (AvgIpc) is 2.32. The third-order valence-corrected chi connectivity index (χ3v) is 2.54. The molecule has 0 aliphatic rings. The van der Waals surface area contributed by atoms with E-state index in [0.29, 0.717) is 22.8 Å². The molecule has 2 aromatic rings. The minimum absolute atomic E-state index is 0.259. The molecule has 0 bridgehead atoms. The molecule has 0 aliphatic heterocycles. The van der Waals surface area contributed by atoms with Gasteiger partial charge in [-0.05, 0) is 38.1 Å². The second-order valence-electron chi connectivity index (χ2n) is 3.98. The molecule has 0 aliphatic carbocycles. The summed E-state index contributed by atoms with van der Waals surface area (Å²) in [6.07, 6.45) is 1.58. The molecule has 0 radical (unpaired) electrons. The van der Waals surface area contributed by atoms with Crippen LogP contribution in [0.5, 0.6) is 0 Å². The third-order valence-electron chi connectivity index (χ3n) is 2.54. The number of rotatable bonds is 2. The van der Waals surface area contributed by atoms with Gasteiger partial charge in [-0.1, -0.05) is 0 Å². The van der Waals surface area contributed by atoms with Gasteiger partial charge in [-0.15, -0.1) is 0 Å². The molecule has 0 saturated heterocycles. The topological polar surface area (TPSA) is 80.9 Å². The largest absolute Gasteiger partial charge is 0.396 e. The highest BCUT2D eigenvalue weighted by molar-refractivity contribution is 6.05. The fourth-order valence-electron chi connectivity index (χ4n) is 1.62. The number of pyridine rings is 2. The minimum Gasteiger partial charge on any atom is -0.396 e. The summed E-state index contributed by atoms with van der Waals surface area (Å²) in [5, 5.41) is 2.67. The van der Waals surface area contributed by atoms with Crippen LogP contribution >= 0.6 is 0 Å². The lowest BCUT2D eigenvalue weighted by Crippen LogP contribution is -2.16. The van der Waals surface area contributed by atoms with Crippen molar-refractivity contribution in [2.45, 2.75) is 13.8 Å². The van der Waals surface area contributed by atoms with Crippen LogP contribution in [0.1, 0.15) is 21.7 Å². The van der Waals surface area contributed by atoms with Crippen molar-refractivity contribution in [3.63, 3.8) is 0 Å². The van der Waals surface area contributed by atoms with E-state index < -0.39 is 0 Å². The lowest BCUT2D eigenvalue weighted by atomic mass is 10.1. The van der Waals surface area contributed by atoms with E-state index in [1.165, 1.54) is 0 Å². The number of carbonyl (C=O) groups is 1. The van der Waals surface area contributed by atoms with E-state index in [0.717, 1.165) is 5.69 Å². The van der Waals surface area contributed by atoms with Crippen molar-refractivity contribution < 1.29 is 4.79 Å². The second-order valence-corrected chi connectivity index (χ2v) is 3.98. The highest BCUT2D eigenvalue weighted by Gasteiger charge is 2.11. The summed E-state index contributed by atoms with van der Waals surface area (Å²) < 4.78 is 0. The zero-order valence-electron chi connectivity index (χ0n) is 10.3. The highest BCUT2D eigenvalue weighted by Crippen LogP contribution is 2.15. The number of anilines is 2. The molecule has 3 N–H and O–H groups in total. The van der Waals surface area contributed by atoms with Crippen LogP contribution in [0.3, 0.4) is 0 Å². The predicted molar refractivity (Wildman–Crippen MR) is 70.3 cm³/mol. The number of aromatic nitrogens is 2. The molecule has 0 atom stereocenters. The number of nitrogens with two attached hydrogens (primary N) is 1. The molecule has 0 spiro atoms. The second kappa shape index (κ2) is 4.83. The first-order valence-electron chi connectivity index (χ1n) is 5.54. The standard InChI is InChI=1S/C13H14N4O/c1-8-5-6-10(9(2)16-8)13(18)17-12-11(14)4-3-7-15-12/h3-7H,14H2,1-2H3,(H,15,17,18). The Kier molecular flexibility index (Phi) is 3.23. The molecule has 5 heteroatoms. The molecule has 0 saturated carbocycles. The van der Waals surface area contributed by atoms with Crippen LogP contribution in [0.4, 0.5) is 11.5 Å². The van der Waals surface area contributed by atoms with Crippen LogP contribution in [0, 0.1) is 13.8 Å². The Morgan fingerprint density at radius 3 is 2.72 bits per heavy atom. The average molecular weight is 242 g/mol. The quantitative estimate of drug-likeness (QED) is 0.843. The molecular formula is C13H14N4O. The van der Waals surface area contributed by atoms with Crippen molar-refractivity contribution in [1.82, 2.24) is 9.97 Å². The van der Waals surface area contributed by atoms with Gasteiger partial charge in [0.05, 0.1) is 16.9 Å². The molecule has 0 unspecified atom stereocenters. The number of carbonyl (C=O) groups excluding carboxylic acids is 1. The van der Waals surface area contributed by atoms with Gasteiger partial charge in [0, 0.05) is 11.9 Å². The summed E-state index contributed by atoms with van der Waals surface area (Å²) in [5.41, 5.74) is 8.23. The lowest BCUT2D eigenvalue weighted by Gasteiger charge is -2.08. The smallest absolute Gasteiger partial charge is 0.258 e. The summed E-state index contributed by atoms with van der Waals surface area (Å²) in [6, 6.07) is 6.93. The van der Waals surface area contributed by atoms with Crippen molar-refractivity contribution >= 4 is 17.4 Å². The van der Waals surface area contributed by atoms with Crippen molar-refractivity contribution in [2.75, 3.05) is 11.1 Å². The zero-order chi connectivity index (χ0) is 13.1. The Balaban J connectivity index is 2.25. The first-order chi connectivity index (χ1) is 8.58. The van der Waals surface area contributed by atoms with Crippen LogP contribution in [0.15, 0.2) is 30.5 Å². The van der Waals surface area contributed by atoms with Gasteiger partial charge in [0.15, 0.2) is 5.82 Å². The van der Waals surface area contributed by atoms with Gasteiger partial charge in [-0.2, -0.15) is 0 Å². The zero-order valence-corrected chi connectivity index (χ0v) is 10.3. The maximum absolute atomic E-state index is 12.1. The minimum atomic E-state index is -0.259. The van der Waals surface area contributed by atoms with Crippen LogP contribution in [0.25, 0.3) is 0 Å². The van der Waals surface area contributed by atoms with Gasteiger partial charge >= 0.3 is 0 Å². The van der Waals surface area contributed by atoms with Gasteiger partial charge in [0.2, 0.25) is 0 Å². The molecule has 0 aromatic carbocycles. The van der Waals surface area contributed by atoms with Crippen LogP contribution in [-0.2, 0) is 0 Å². The molecule has 92 valence electrons. The van der Waals surface area contributed by atoms with E-state index in [-0.39, 0.29) is 5.91 Å². The summed E-state index contributed by atoms with van der Waals surface area (Å²) in [4.78, 5) is 20.3. The molecule has 18 heavy (non-hydrogen) atoms. The molecule has 1 amide bonds. The number of amides is 1.